The van der Waals surface area contributed by atoms with Crippen LogP contribution in [0.2, 0.25) is 0 Å². The van der Waals surface area contributed by atoms with Crippen LogP contribution in [-0.2, 0) is 4.79 Å². The second kappa shape index (κ2) is 9.25. The highest BCUT2D eigenvalue weighted by Gasteiger charge is 2.19. The van der Waals surface area contributed by atoms with Gasteiger partial charge in [0.1, 0.15) is 5.69 Å². The van der Waals surface area contributed by atoms with Crippen LogP contribution in [0, 0.1) is 0 Å². The highest BCUT2D eigenvalue weighted by molar-refractivity contribution is 5.93. The van der Waals surface area contributed by atoms with E-state index >= 15 is 0 Å². The van der Waals surface area contributed by atoms with Crippen LogP contribution in [0.5, 0.6) is 0 Å². The highest BCUT2D eigenvalue weighted by Crippen LogP contribution is 2.24. The molecule has 1 aliphatic rings. The smallest absolute Gasteiger partial charge is 0.314 e. The monoisotopic (exact) mass is 416 g/mol. The average molecular weight is 416 g/mol. The van der Waals surface area contributed by atoms with Gasteiger partial charge in [0.2, 0.25) is 5.91 Å². The highest BCUT2D eigenvalue weighted by atomic mass is 16.2. The first-order valence-corrected chi connectivity index (χ1v) is 10.2. The van der Waals surface area contributed by atoms with Gasteiger partial charge in [0.05, 0.1) is 5.69 Å². The fourth-order valence-corrected chi connectivity index (χ4v) is 3.57. The van der Waals surface area contributed by atoms with Gasteiger partial charge in [0.25, 0.3) is 0 Å². The molecule has 8 heteroatoms. The number of para-hydroxylation sites is 1. The van der Waals surface area contributed by atoms with Crippen LogP contribution >= 0.6 is 0 Å². The number of nitrogens with zero attached hydrogens (tertiary/aromatic N) is 5. The van der Waals surface area contributed by atoms with Crippen molar-refractivity contribution >= 4 is 18.0 Å². The number of pyridine rings is 1. The number of rotatable bonds is 4. The lowest BCUT2D eigenvalue weighted by molar-refractivity contribution is -0.125. The standard InChI is InChI=1S/C23H24N6O2/c24-23(31)28-13-5-12-27(14-15-28)21(30)10-9-19-17-29(20-7-2-1-3-8-20)26-22(19)18-6-4-11-25-16-18/h1-4,6-11,16-17H,5,12-15H2,(H2,24,31). The Bertz CT molecular complexity index is 1080. The zero-order chi connectivity index (χ0) is 21.6. The molecular formula is C23H24N6O2. The number of nitrogens with two attached hydrogens (primary N) is 1. The molecule has 1 aromatic carbocycles. The summed E-state index contributed by atoms with van der Waals surface area (Å²) in [6.45, 7) is 2.07. The zero-order valence-corrected chi connectivity index (χ0v) is 17.1. The van der Waals surface area contributed by atoms with Crippen LogP contribution in [0.1, 0.15) is 12.0 Å². The molecule has 3 aromatic rings. The summed E-state index contributed by atoms with van der Waals surface area (Å²) < 4.78 is 1.79. The van der Waals surface area contributed by atoms with Crippen molar-refractivity contribution < 1.29 is 9.59 Å². The van der Waals surface area contributed by atoms with Gasteiger partial charge in [-0.25, -0.2) is 9.48 Å². The maximum Gasteiger partial charge on any atom is 0.314 e. The molecule has 1 saturated heterocycles. The van der Waals surface area contributed by atoms with Crippen molar-refractivity contribution in [3.63, 3.8) is 0 Å². The van der Waals surface area contributed by atoms with E-state index in [-0.39, 0.29) is 5.91 Å². The van der Waals surface area contributed by atoms with E-state index in [0.717, 1.165) is 22.5 Å². The van der Waals surface area contributed by atoms with Gasteiger partial charge < -0.3 is 15.5 Å². The minimum absolute atomic E-state index is 0.101. The Morgan fingerprint density at radius 1 is 0.968 bits per heavy atom. The second-order valence-corrected chi connectivity index (χ2v) is 7.29. The third-order valence-electron chi connectivity index (χ3n) is 5.22. The van der Waals surface area contributed by atoms with Crippen LogP contribution < -0.4 is 5.73 Å². The molecule has 4 rings (SSSR count). The third kappa shape index (κ3) is 4.80. The molecule has 0 unspecified atom stereocenters. The predicted molar refractivity (Wildman–Crippen MR) is 118 cm³/mol. The van der Waals surface area contributed by atoms with Crippen LogP contribution in [0.3, 0.4) is 0 Å². The number of primary amides is 1. The lowest BCUT2D eigenvalue weighted by Gasteiger charge is -2.19. The summed E-state index contributed by atoms with van der Waals surface area (Å²) in [4.78, 5) is 31.7. The van der Waals surface area contributed by atoms with Gasteiger partial charge in [-0.3, -0.25) is 9.78 Å². The molecule has 3 heterocycles. The molecule has 2 N–H and O–H groups in total. The number of carbonyl (C=O) groups is 2. The number of aromatic nitrogens is 3. The lowest BCUT2D eigenvalue weighted by Crippen LogP contribution is -2.39. The van der Waals surface area contributed by atoms with Gasteiger partial charge in [0.15, 0.2) is 0 Å². The Labute approximate surface area is 180 Å². The van der Waals surface area contributed by atoms with Gasteiger partial charge in [-0.15, -0.1) is 0 Å². The normalized spacial score (nSPS) is 14.6. The number of amides is 3. The summed E-state index contributed by atoms with van der Waals surface area (Å²) in [7, 11) is 0. The van der Waals surface area contributed by atoms with Crippen LogP contribution in [0.15, 0.2) is 67.1 Å². The number of hydrogen-bond acceptors (Lipinski definition) is 4. The predicted octanol–water partition coefficient (Wildman–Crippen LogP) is 2.56. The Kier molecular flexibility index (Phi) is 6.07. The molecule has 1 aliphatic heterocycles. The Morgan fingerprint density at radius 3 is 2.48 bits per heavy atom. The van der Waals surface area contributed by atoms with Crippen molar-refractivity contribution in [2.24, 2.45) is 5.73 Å². The first-order chi connectivity index (χ1) is 15.1. The van der Waals surface area contributed by atoms with E-state index in [2.05, 4.69) is 4.98 Å². The molecule has 31 heavy (non-hydrogen) atoms. The molecule has 1 fully saturated rings. The van der Waals surface area contributed by atoms with E-state index in [1.807, 2.05) is 48.7 Å². The molecule has 0 saturated carbocycles. The SMILES string of the molecule is NC(=O)N1CCCN(C(=O)C=Cc2cn(-c3ccccc3)nc2-c2cccnc2)CC1. The molecule has 3 amide bonds. The summed E-state index contributed by atoms with van der Waals surface area (Å²) >= 11 is 0. The van der Waals surface area contributed by atoms with Gasteiger partial charge >= 0.3 is 6.03 Å². The third-order valence-corrected chi connectivity index (χ3v) is 5.22. The molecule has 158 valence electrons. The Morgan fingerprint density at radius 2 is 1.74 bits per heavy atom. The summed E-state index contributed by atoms with van der Waals surface area (Å²) in [5.41, 5.74) is 8.74. The van der Waals surface area contributed by atoms with Crippen LogP contribution in [0.4, 0.5) is 4.79 Å². The molecule has 0 spiro atoms. The largest absolute Gasteiger partial charge is 0.351 e. The van der Waals surface area contributed by atoms with Crippen molar-refractivity contribution in [2.75, 3.05) is 26.2 Å². The van der Waals surface area contributed by atoms with E-state index in [0.29, 0.717) is 32.6 Å². The summed E-state index contributed by atoms with van der Waals surface area (Å²) in [5.74, 6) is -0.101. The second-order valence-electron chi connectivity index (χ2n) is 7.29. The molecule has 0 aliphatic carbocycles. The van der Waals surface area contributed by atoms with Crippen LogP contribution in [0.25, 0.3) is 23.0 Å². The zero-order valence-electron chi connectivity index (χ0n) is 17.1. The molecule has 0 atom stereocenters. The fourth-order valence-electron chi connectivity index (χ4n) is 3.57. The quantitative estimate of drug-likeness (QED) is 0.661. The maximum absolute atomic E-state index is 12.8. The number of hydrogen-bond donors (Lipinski definition) is 1. The van der Waals surface area contributed by atoms with Gasteiger partial charge in [0, 0.05) is 62.0 Å². The molecule has 0 bridgehead atoms. The first-order valence-electron chi connectivity index (χ1n) is 10.2. The minimum Gasteiger partial charge on any atom is -0.351 e. The number of urea groups is 1. The van der Waals surface area contributed by atoms with Gasteiger partial charge in [-0.1, -0.05) is 18.2 Å². The molecule has 0 radical (unpaired) electrons. The number of benzene rings is 1. The molecule has 2 aromatic heterocycles. The fraction of sp³-hybridized carbons (Fsp3) is 0.217. The Hall–Kier alpha value is -3.94. The number of carbonyl (C=O) groups excluding carboxylic acids is 2. The maximum atomic E-state index is 12.8. The first kappa shape index (κ1) is 20.3. The van der Waals surface area contributed by atoms with E-state index in [9.17, 15) is 9.59 Å². The molecular weight excluding hydrogens is 392 g/mol. The van der Waals surface area contributed by atoms with Gasteiger partial charge in [-0.05, 0) is 36.8 Å². The average Bonchev–Trinajstić information content (AvgIpc) is 3.07. The minimum atomic E-state index is -0.445. The van der Waals surface area contributed by atoms with Crippen LogP contribution in [-0.4, -0.2) is 62.7 Å². The van der Waals surface area contributed by atoms with E-state index in [1.54, 1.807) is 39.0 Å². The topological polar surface area (TPSA) is 97.4 Å². The van der Waals surface area contributed by atoms with E-state index in [1.165, 1.54) is 0 Å². The van der Waals surface area contributed by atoms with E-state index in [4.69, 9.17) is 10.8 Å². The lowest BCUT2D eigenvalue weighted by atomic mass is 10.1. The van der Waals surface area contributed by atoms with Crippen molar-refractivity contribution in [1.29, 1.82) is 0 Å². The Balaban J connectivity index is 1.58. The van der Waals surface area contributed by atoms with Crippen molar-refractivity contribution in [3.8, 4) is 16.9 Å². The van der Waals surface area contributed by atoms with Crippen molar-refractivity contribution in [3.05, 3.63) is 72.7 Å². The van der Waals surface area contributed by atoms with Crippen molar-refractivity contribution in [2.45, 2.75) is 6.42 Å². The molecule has 8 nitrogen and oxygen atoms in total. The summed E-state index contributed by atoms with van der Waals surface area (Å²) in [5, 5.41) is 4.73. The summed E-state index contributed by atoms with van der Waals surface area (Å²) in [6.07, 6.45) is 9.42. The summed E-state index contributed by atoms with van der Waals surface area (Å²) in [6, 6.07) is 13.2. The van der Waals surface area contributed by atoms with Crippen molar-refractivity contribution in [1.82, 2.24) is 24.6 Å². The van der Waals surface area contributed by atoms with Gasteiger partial charge in [-0.2, -0.15) is 5.10 Å². The van der Waals surface area contributed by atoms with E-state index < -0.39 is 6.03 Å².